The predicted molar refractivity (Wildman–Crippen MR) is 135 cm³/mol. The molecule has 188 valence electrons. The molecular formula is C26H55O4P. The second-order valence-electron chi connectivity index (χ2n) is 9.85. The minimum atomic E-state index is -3.90. The first-order chi connectivity index (χ1) is 14.9. The zero-order valence-electron chi connectivity index (χ0n) is 21.4. The van der Waals surface area contributed by atoms with Gasteiger partial charge in [0.1, 0.15) is 0 Å². The Hall–Kier alpha value is 0.110. The highest BCUT2D eigenvalue weighted by atomic mass is 31.2. The standard InChI is InChI=1S/C26H55O4P/c1-5-6-7-20-23-26(4)30-31(27,28)29-24-21-18-16-14-12-10-8-9-11-13-15-17-19-22-25(2)3/h25-26H,5-24H2,1-4H3,(H,27,28). The van der Waals surface area contributed by atoms with E-state index in [4.69, 9.17) is 9.05 Å². The fourth-order valence-electron chi connectivity index (χ4n) is 3.95. The maximum absolute atomic E-state index is 12.0. The van der Waals surface area contributed by atoms with Crippen LogP contribution in [0.15, 0.2) is 0 Å². The van der Waals surface area contributed by atoms with Crippen molar-refractivity contribution in [3.05, 3.63) is 0 Å². The monoisotopic (exact) mass is 462 g/mol. The first kappa shape index (κ1) is 31.1. The highest BCUT2D eigenvalue weighted by molar-refractivity contribution is 7.47. The molecule has 0 aliphatic rings. The van der Waals surface area contributed by atoms with Gasteiger partial charge in [-0.1, -0.05) is 130 Å². The van der Waals surface area contributed by atoms with Gasteiger partial charge in [0.25, 0.3) is 0 Å². The van der Waals surface area contributed by atoms with Crippen LogP contribution >= 0.6 is 7.82 Å². The number of hydrogen-bond acceptors (Lipinski definition) is 3. The van der Waals surface area contributed by atoms with Crippen LogP contribution < -0.4 is 0 Å². The van der Waals surface area contributed by atoms with Crippen LogP contribution in [0.25, 0.3) is 0 Å². The third-order valence-corrected chi connectivity index (χ3v) is 7.09. The molecule has 0 saturated heterocycles. The lowest BCUT2D eigenvalue weighted by Gasteiger charge is -2.17. The van der Waals surface area contributed by atoms with Gasteiger partial charge in [-0.15, -0.1) is 0 Å². The van der Waals surface area contributed by atoms with Crippen molar-refractivity contribution in [3.8, 4) is 0 Å². The van der Waals surface area contributed by atoms with E-state index in [1.807, 2.05) is 6.92 Å². The SMILES string of the molecule is CCCCCCC(C)OP(=O)(O)OCCCCCCCCCCCCCCCC(C)C. The van der Waals surface area contributed by atoms with E-state index in [9.17, 15) is 9.46 Å². The van der Waals surface area contributed by atoms with Gasteiger partial charge in [-0.2, -0.15) is 0 Å². The molecule has 5 heteroatoms. The molecule has 0 aromatic carbocycles. The summed E-state index contributed by atoms with van der Waals surface area (Å²) in [6.07, 6.45) is 23.4. The number of hydrogen-bond donors (Lipinski definition) is 1. The van der Waals surface area contributed by atoms with Crippen LogP contribution in [0.3, 0.4) is 0 Å². The molecule has 0 spiro atoms. The maximum Gasteiger partial charge on any atom is 0.472 e. The zero-order valence-corrected chi connectivity index (χ0v) is 22.3. The molecular weight excluding hydrogens is 407 g/mol. The van der Waals surface area contributed by atoms with Crippen LogP contribution in [0.5, 0.6) is 0 Å². The molecule has 0 saturated carbocycles. The third kappa shape index (κ3) is 24.6. The first-order valence-corrected chi connectivity index (χ1v) is 15.0. The molecule has 0 aromatic rings. The summed E-state index contributed by atoms with van der Waals surface area (Å²) >= 11 is 0. The van der Waals surface area contributed by atoms with Gasteiger partial charge in [0.05, 0.1) is 12.7 Å². The summed E-state index contributed by atoms with van der Waals surface area (Å²) in [4.78, 5) is 9.82. The molecule has 0 rings (SSSR count). The fourth-order valence-corrected chi connectivity index (χ4v) is 4.93. The summed E-state index contributed by atoms with van der Waals surface area (Å²) < 4.78 is 22.4. The summed E-state index contributed by atoms with van der Waals surface area (Å²) in [5.41, 5.74) is 0. The van der Waals surface area contributed by atoms with Crippen molar-refractivity contribution in [2.75, 3.05) is 6.61 Å². The van der Waals surface area contributed by atoms with Gasteiger partial charge < -0.3 is 4.89 Å². The zero-order chi connectivity index (χ0) is 23.2. The molecule has 4 nitrogen and oxygen atoms in total. The Labute approximate surface area is 194 Å². The average molecular weight is 463 g/mol. The largest absolute Gasteiger partial charge is 0.472 e. The van der Waals surface area contributed by atoms with Gasteiger partial charge in [0.2, 0.25) is 0 Å². The summed E-state index contributed by atoms with van der Waals surface area (Å²) in [6.45, 7) is 8.97. The van der Waals surface area contributed by atoms with E-state index in [0.717, 1.165) is 38.0 Å². The van der Waals surface area contributed by atoms with Crippen LogP contribution in [0.2, 0.25) is 0 Å². The van der Waals surface area contributed by atoms with Gasteiger partial charge >= 0.3 is 7.82 Å². The van der Waals surface area contributed by atoms with Crippen LogP contribution in [0.4, 0.5) is 0 Å². The lowest BCUT2D eigenvalue weighted by molar-refractivity contribution is 0.105. The molecule has 0 aliphatic heterocycles. The van der Waals surface area contributed by atoms with Gasteiger partial charge in [-0.05, 0) is 25.7 Å². The molecule has 0 heterocycles. The number of phosphoric acid groups is 1. The molecule has 0 radical (unpaired) electrons. The highest BCUT2D eigenvalue weighted by Gasteiger charge is 2.23. The summed E-state index contributed by atoms with van der Waals surface area (Å²) in [6, 6.07) is 0. The van der Waals surface area contributed by atoms with Crippen molar-refractivity contribution in [1.82, 2.24) is 0 Å². The van der Waals surface area contributed by atoms with Crippen molar-refractivity contribution >= 4 is 7.82 Å². The molecule has 2 atom stereocenters. The van der Waals surface area contributed by atoms with E-state index in [0.29, 0.717) is 6.61 Å². The van der Waals surface area contributed by atoms with E-state index in [1.165, 1.54) is 89.9 Å². The highest BCUT2D eigenvalue weighted by Crippen LogP contribution is 2.45. The van der Waals surface area contributed by atoms with Crippen molar-refractivity contribution in [2.24, 2.45) is 5.92 Å². The van der Waals surface area contributed by atoms with Crippen molar-refractivity contribution in [3.63, 3.8) is 0 Å². The van der Waals surface area contributed by atoms with Gasteiger partial charge in [0, 0.05) is 0 Å². The van der Waals surface area contributed by atoms with Crippen LogP contribution in [0, 0.1) is 5.92 Å². The number of rotatable bonds is 24. The van der Waals surface area contributed by atoms with E-state index < -0.39 is 7.82 Å². The summed E-state index contributed by atoms with van der Waals surface area (Å²) in [5.74, 6) is 0.858. The first-order valence-electron chi connectivity index (χ1n) is 13.5. The Morgan fingerprint density at radius 2 is 1.06 bits per heavy atom. The van der Waals surface area contributed by atoms with Crippen molar-refractivity contribution in [1.29, 1.82) is 0 Å². The van der Waals surface area contributed by atoms with Crippen molar-refractivity contribution < 1.29 is 18.5 Å². The second-order valence-corrected chi connectivity index (χ2v) is 11.3. The Balaban J connectivity index is 3.36. The smallest absolute Gasteiger partial charge is 0.302 e. The Morgan fingerprint density at radius 1 is 0.645 bits per heavy atom. The molecule has 31 heavy (non-hydrogen) atoms. The van der Waals surface area contributed by atoms with E-state index >= 15 is 0 Å². The topological polar surface area (TPSA) is 55.8 Å². The summed E-state index contributed by atoms with van der Waals surface area (Å²) in [7, 11) is -3.90. The normalized spacial score (nSPS) is 14.8. The molecule has 1 N–H and O–H groups in total. The quantitative estimate of drug-likeness (QED) is 0.115. The lowest BCUT2D eigenvalue weighted by Crippen LogP contribution is -2.08. The summed E-state index contributed by atoms with van der Waals surface area (Å²) in [5, 5.41) is 0. The van der Waals surface area contributed by atoms with Crippen LogP contribution in [0.1, 0.15) is 150 Å². The predicted octanol–water partition coefficient (Wildman–Crippen LogP) is 9.60. The minimum absolute atomic E-state index is 0.224. The van der Waals surface area contributed by atoms with Crippen LogP contribution in [-0.4, -0.2) is 17.6 Å². The second kappa shape index (κ2) is 21.9. The lowest BCUT2D eigenvalue weighted by atomic mass is 10.0. The Kier molecular flexibility index (Phi) is 22.0. The fraction of sp³-hybridized carbons (Fsp3) is 1.00. The van der Waals surface area contributed by atoms with E-state index in [-0.39, 0.29) is 6.10 Å². The Bertz CT molecular complexity index is 414. The van der Waals surface area contributed by atoms with Gasteiger partial charge in [-0.25, -0.2) is 4.57 Å². The van der Waals surface area contributed by atoms with E-state index in [2.05, 4.69) is 20.8 Å². The molecule has 0 amide bonds. The Morgan fingerprint density at radius 3 is 1.55 bits per heavy atom. The van der Waals surface area contributed by atoms with Gasteiger partial charge in [0.15, 0.2) is 0 Å². The minimum Gasteiger partial charge on any atom is -0.302 e. The van der Waals surface area contributed by atoms with Crippen LogP contribution in [-0.2, 0) is 13.6 Å². The van der Waals surface area contributed by atoms with Crippen molar-refractivity contribution in [2.45, 2.75) is 156 Å². The van der Waals surface area contributed by atoms with Gasteiger partial charge in [-0.3, -0.25) is 9.05 Å². The number of unbranched alkanes of at least 4 members (excludes halogenated alkanes) is 15. The molecule has 0 aliphatic carbocycles. The number of phosphoric ester groups is 1. The van der Waals surface area contributed by atoms with E-state index in [1.54, 1.807) is 0 Å². The average Bonchev–Trinajstić information content (AvgIpc) is 2.70. The maximum atomic E-state index is 12.0. The molecule has 2 unspecified atom stereocenters. The molecule has 0 aromatic heterocycles. The molecule has 0 fully saturated rings. The molecule has 0 bridgehead atoms. The third-order valence-electron chi connectivity index (χ3n) is 5.96.